The lowest BCUT2D eigenvalue weighted by molar-refractivity contribution is -0.142. The number of anilines is 1. The second kappa shape index (κ2) is 5.67. The Kier molecular flexibility index (Phi) is 3.95. The standard InChI is InChI=1S/C14H15ClF3N5/c1-22(6-9-7-23(2)21-12(9)14(16,17)18)11-5-10(15)19-13(20-11)8-3-4-8/h5,7-8H,3-4,6H2,1-2H3. The Bertz CT molecular complexity index is 724. The van der Waals surface area contributed by atoms with Crippen LogP contribution in [0.1, 0.15) is 35.8 Å². The van der Waals surface area contributed by atoms with Crippen molar-refractivity contribution in [3.63, 3.8) is 0 Å². The summed E-state index contributed by atoms with van der Waals surface area (Å²) in [6.07, 6.45) is -1.08. The maximum absolute atomic E-state index is 13.0. The Morgan fingerprint density at radius 3 is 2.65 bits per heavy atom. The summed E-state index contributed by atoms with van der Waals surface area (Å²) >= 11 is 6.00. The van der Waals surface area contributed by atoms with Crippen molar-refractivity contribution in [2.24, 2.45) is 7.05 Å². The van der Waals surface area contributed by atoms with Gasteiger partial charge in [-0.1, -0.05) is 11.6 Å². The highest BCUT2D eigenvalue weighted by Crippen LogP contribution is 2.39. The molecule has 5 nitrogen and oxygen atoms in total. The number of hydrogen-bond acceptors (Lipinski definition) is 4. The predicted octanol–water partition coefficient (Wildman–Crippen LogP) is 3.40. The van der Waals surface area contributed by atoms with Crippen LogP contribution in [0, 0.1) is 0 Å². The first-order valence-corrected chi connectivity index (χ1v) is 7.47. The molecule has 1 aliphatic rings. The number of rotatable bonds is 4. The molecule has 1 fully saturated rings. The molecule has 0 bridgehead atoms. The molecule has 0 aliphatic heterocycles. The van der Waals surface area contributed by atoms with Crippen LogP contribution >= 0.6 is 11.6 Å². The van der Waals surface area contributed by atoms with Crippen molar-refractivity contribution in [1.82, 2.24) is 19.7 Å². The van der Waals surface area contributed by atoms with E-state index in [2.05, 4.69) is 15.1 Å². The highest BCUT2D eigenvalue weighted by molar-refractivity contribution is 6.29. The van der Waals surface area contributed by atoms with Crippen molar-refractivity contribution in [2.45, 2.75) is 31.5 Å². The molecule has 2 aromatic heterocycles. The van der Waals surface area contributed by atoms with Crippen molar-refractivity contribution in [1.29, 1.82) is 0 Å². The van der Waals surface area contributed by atoms with Gasteiger partial charge in [0.25, 0.3) is 0 Å². The van der Waals surface area contributed by atoms with Crippen LogP contribution in [-0.4, -0.2) is 26.8 Å². The van der Waals surface area contributed by atoms with Gasteiger partial charge in [0.1, 0.15) is 16.8 Å². The van der Waals surface area contributed by atoms with Gasteiger partial charge in [0.05, 0.1) is 0 Å². The van der Waals surface area contributed by atoms with Crippen LogP contribution in [0.3, 0.4) is 0 Å². The highest BCUT2D eigenvalue weighted by atomic mass is 35.5. The van der Waals surface area contributed by atoms with Crippen LogP contribution in [0.15, 0.2) is 12.3 Å². The monoisotopic (exact) mass is 345 g/mol. The van der Waals surface area contributed by atoms with Crippen LogP contribution in [-0.2, 0) is 19.8 Å². The van der Waals surface area contributed by atoms with Gasteiger partial charge in [-0.15, -0.1) is 0 Å². The molecule has 0 saturated heterocycles. The summed E-state index contributed by atoms with van der Waals surface area (Å²) in [5, 5.41) is 3.81. The van der Waals surface area contributed by atoms with Crippen LogP contribution in [0.2, 0.25) is 5.15 Å². The molecule has 124 valence electrons. The van der Waals surface area contributed by atoms with Gasteiger partial charge in [-0.2, -0.15) is 18.3 Å². The molecular formula is C14H15ClF3N5. The molecular weight excluding hydrogens is 331 g/mol. The van der Waals surface area contributed by atoms with Crippen molar-refractivity contribution >= 4 is 17.4 Å². The third kappa shape index (κ3) is 3.57. The molecule has 1 saturated carbocycles. The summed E-state index contributed by atoms with van der Waals surface area (Å²) in [4.78, 5) is 10.2. The molecule has 9 heteroatoms. The van der Waals surface area contributed by atoms with Gasteiger partial charge in [-0.25, -0.2) is 9.97 Å². The van der Waals surface area contributed by atoms with Gasteiger partial charge < -0.3 is 4.90 Å². The average Bonchev–Trinajstić information content (AvgIpc) is 3.21. The van der Waals surface area contributed by atoms with Crippen LogP contribution in [0.4, 0.5) is 19.0 Å². The molecule has 23 heavy (non-hydrogen) atoms. The predicted molar refractivity (Wildman–Crippen MR) is 79.3 cm³/mol. The molecule has 1 aliphatic carbocycles. The largest absolute Gasteiger partial charge is 0.435 e. The molecule has 2 heterocycles. The summed E-state index contributed by atoms with van der Waals surface area (Å²) in [6, 6.07) is 1.55. The molecule has 2 aromatic rings. The van der Waals surface area contributed by atoms with E-state index in [9.17, 15) is 13.2 Å². The lowest BCUT2D eigenvalue weighted by Crippen LogP contribution is -2.21. The second-order valence-corrected chi connectivity index (χ2v) is 6.10. The summed E-state index contributed by atoms with van der Waals surface area (Å²) in [7, 11) is 3.13. The van der Waals surface area contributed by atoms with Gasteiger partial charge in [-0.3, -0.25) is 4.68 Å². The van der Waals surface area contributed by atoms with Crippen molar-refractivity contribution in [3.8, 4) is 0 Å². The highest BCUT2D eigenvalue weighted by Gasteiger charge is 2.37. The van der Waals surface area contributed by atoms with E-state index in [0.29, 0.717) is 22.7 Å². The Morgan fingerprint density at radius 2 is 2.04 bits per heavy atom. The van der Waals surface area contributed by atoms with E-state index >= 15 is 0 Å². The fraction of sp³-hybridized carbons (Fsp3) is 0.500. The minimum atomic E-state index is -4.49. The van der Waals surface area contributed by atoms with E-state index in [4.69, 9.17) is 11.6 Å². The van der Waals surface area contributed by atoms with Gasteiger partial charge >= 0.3 is 6.18 Å². The molecule has 0 unspecified atom stereocenters. The fourth-order valence-electron chi connectivity index (χ4n) is 2.37. The number of aryl methyl sites for hydroxylation is 1. The smallest absolute Gasteiger partial charge is 0.355 e. The number of halogens is 4. The lowest BCUT2D eigenvalue weighted by Gasteiger charge is -2.19. The molecule has 0 atom stereocenters. The lowest BCUT2D eigenvalue weighted by atomic mass is 10.2. The summed E-state index contributed by atoms with van der Waals surface area (Å²) in [5.41, 5.74) is -0.792. The van der Waals surface area contributed by atoms with Gasteiger partial charge in [0.15, 0.2) is 5.69 Å². The van der Waals surface area contributed by atoms with E-state index in [-0.39, 0.29) is 12.1 Å². The average molecular weight is 346 g/mol. The van der Waals surface area contributed by atoms with E-state index in [1.54, 1.807) is 18.0 Å². The first-order valence-electron chi connectivity index (χ1n) is 7.09. The molecule has 3 rings (SSSR count). The maximum Gasteiger partial charge on any atom is 0.435 e. The van der Waals surface area contributed by atoms with Gasteiger partial charge in [-0.05, 0) is 12.8 Å². The molecule has 0 radical (unpaired) electrons. The fourth-order valence-corrected chi connectivity index (χ4v) is 2.56. The summed E-state index contributed by atoms with van der Waals surface area (Å²) in [5.74, 6) is 1.47. The summed E-state index contributed by atoms with van der Waals surface area (Å²) < 4.78 is 40.2. The van der Waals surface area contributed by atoms with E-state index in [1.807, 2.05) is 0 Å². The van der Waals surface area contributed by atoms with Crippen molar-refractivity contribution in [3.05, 3.63) is 34.5 Å². The molecule has 0 spiro atoms. The normalized spacial score (nSPS) is 15.0. The SMILES string of the molecule is CN(Cc1cn(C)nc1C(F)(F)F)c1cc(Cl)nc(C2CC2)n1. The Balaban J connectivity index is 1.86. The Morgan fingerprint density at radius 1 is 1.35 bits per heavy atom. The zero-order valence-electron chi connectivity index (χ0n) is 12.6. The number of alkyl halides is 3. The van der Waals surface area contributed by atoms with E-state index < -0.39 is 11.9 Å². The third-order valence-corrected chi connectivity index (χ3v) is 3.81. The molecule has 0 N–H and O–H groups in total. The van der Waals surface area contributed by atoms with Crippen LogP contribution < -0.4 is 4.90 Å². The minimum absolute atomic E-state index is 0.0279. The minimum Gasteiger partial charge on any atom is -0.355 e. The third-order valence-electron chi connectivity index (χ3n) is 3.61. The maximum atomic E-state index is 13.0. The quantitative estimate of drug-likeness (QED) is 0.797. The first kappa shape index (κ1) is 16.0. The Labute approximate surface area is 136 Å². The Hall–Kier alpha value is -1.83. The van der Waals surface area contributed by atoms with E-state index in [1.165, 1.54) is 13.2 Å². The second-order valence-electron chi connectivity index (χ2n) is 5.71. The molecule has 0 amide bonds. The van der Waals surface area contributed by atoms with Crippen LogP contribution in [0.25, 0.3) is 0 Å². The number of nitrogens with zero attached hydrogens (tertiary/aromatic N) is 5. The first-order chi connectivity index (χ1) is 10.7. The van der Waals surface area contributed by atoms with Gasteiger partial charge in [0.2, 0.25) is 0 Å². The van der Waals surface area contributed by atoms with Crippen LogP contribution in [0.5, 0.6) is 0 Å². The number of aromatic nitrogens is 4. The zero-order chi connectivity index (χ0) is 16.8. The topological polar surface area (TPSA) is 46.8 Å². The number of hydrogen-bond donors (Lipinski definition) is 0. The van der Waals surface area contributed by atoms with Crippen molar-refractivity contribution < 1.29 is 13.2 Å². The molecule has 0 aromatic carbocycles. The van der Waals surface area contributed by atoms with Crippen molar-refractivity contribution in [2.75, 3.05) is 11.9 Å². The van der Waals surface area contributed by atoms with Gasteiger partial charge in [0, 0.05) is 44.4 Å². The van der Waals surface area contributed by atoms with E-state index in [0.717, 1.165) is 17.5 Å². The zero-order valence-corrected chi connectivity index (χ0v) is 13.4. The summed E-state index contributed by atoms with van der Waals surface area (Å²) in [6.45, 7) is 0.0279.